The lowest BCUT2D eigenvalue weighted by molar-refractivity contribution is 0.319. The minimum Gasteiger partial charge on any atom is -0.493 e. The van der Waals surface area contributed by atoms with Crippen LogP contribution in [0.4, 0.5) is 0 Å². The van der Waals surface area contributed by atoms with E-state index in [1.165, 1.54) is 15.3 Å². The zero-order chi connectivity index (χ0) is 13.9. The molecule has 0 aliphatic heterocycles. The molecule has 1 heterocycles. The van der Waals surface area contributed by atoms with Gasteiger partial charge >= 0.3 is 0 Å². The largest absolute Gasteiger partial charge is 0.493 e. The predicted octanol–water partition coefficient (Wildman–Crippen LogP) is 5.50. The van der Waals surface area contributed by atoms with E-state index in [1.807, 2.05) is 17.4 Å². The maximum Gasteiger partial charge on any atom is 0.127 e. The molecule has 102 valence electrons. The van der Waals surface area contributed by atoms with E-state index in [4.69, 9.17) is 4.74 Å². The first kappa shape index (κ1) is 14.1. The van der Waals surface area contributed by atoms with Crippen molar-refractivity contribution >= 4 is 11.3 Å². The zero-order valence-electron chi connectivity index (χ0n) is 12.2. The Bertz CT molecular complexity index is 534. The van der Waals surface area contributed by atoms with Crippen molar-refractivity contribution in [3.05, 3.63) is 41.3 Å². The molecule has 1 aromatic heterocycles. The van der Waals surface area contributed by atoms with E-state index in [-0.39, 0.29) is 5.41 Å². The highest BCUT2D eigenvalue weighted by atomic mass is 32.1. The lowest BCUT2D eigenvalue weighted by atomic mass is 9.95. The van der Waals surface area contributed by atoms with Gasteiger partial charge in [-0.3, -0.25) is 0 Å². The molecule has 0 radical (unpaired) electrons. The molecule has 1 aromatic carbocycles. The zero-order valence-corrected chi connectivity index (χ0v) is 13.0. The standard InChI is InChI=1S/C17H22OS/c1-5-12-18-14-9-7-6-8-13(14)15-10-11-16(19-15)17(2,3)4/h6-11H,5,12H2,1-4H3. The average Bonchev–Trinajstić information content (AvgIpc) is 2.86. The summed E-state index contributed by atoms with van der Waals surface area (Å²) >= 11 is 1.86. The molecule has 0 bridgehead atoms. The Hall–Kier alpha value is -1.28. The molecule has 0 amide bonds. The van der Waals surface area contributed by atoms with Crippen LogP contribution in [0.3, 0.4) is 0 Å². The summed E-state index contributed by atoms with van der Waals surface area (Å²) in [5.41, 5.74) is 1.42. The monoisotopic (exact) mass is 274 g/mol. The van der Waals surface area contributed by atoms with Crippen LogP contribution in [-0.2, 0) is 5.41 Å². The van der Waals surface area contributed by atoms with Crippen LogP contribution in [0.25, 0.3) is 10.4 Å². The number of ether oxygens (including phenoxy) is 1. The molecule has 0 aliphatic carbocycles. The minimum atomic E-state index is 0.210. The van der Waals surface area contributed by atoms with Crippen LogP contribution >= 0.6 is 11.3 Å². The highest BCUT2D eigenvalue weighted by molar-refractivity contribution is 7.15. The summed E-state index contributed by atoms with van der Waals surface area (Å²) in [6.07, 6.45) is 1.03. The van der Waals surface area contributed by atoms with Crippen molar-refractivity contribution in [1.82, 2.24) is 0 Å². The third-order valence-electron chi connectivity index (χ3n) is 2.96. The van der Waals surface area contributed by atoms with Crippen molar-refractivity contribution in [3.8, 4) is 16.2 Å². The Kier molecular flexibility index (Phi) is 4.31. The van der Waals surface area contributed by atoms with Crippen LogP contribution in [0, 0.1) is 0 Å². The Labute approximate surface area is 120 Å². The highest BCUT2D eigenvalue weighted by Gasteiger charge is 2.17. The first-order valence-electron chi connectivity index (χ1n) is 6.85. The van der Waals surface area contributed by atoms with Crippen LogP contribution in [0.15, 0.2) is 36.4 Å². The summed E-state index contributed by atoms with van der Waals surface area (Å²) in [6, 6.07) is 12.7. The fraction of sp³-hybridized carbons (Fsp3) is 0.412. The van der Waals surface area contributed by atoms with E-state index < -0.39 is 0 Å². The molecule has 0 saturated heterocycles. The Morgan fingerprint density at radius 3 is 2.42 bits per heavy atom. The number of hydrogen-bond acceptors (Lipinski definition) is 2. The molecule has 0 atom stereocenters. The second kappa shape index (κ2) is 5.79. The van der Waals surface area contributed by atoms with Crippen molar-refractivity contribution < 1.29 is 4.74 Å². The Morgan fingerprint density at radius 1 is 1.05 bits per heavy atom. The van der Waals surface area contributed by atoms with E-state index in [0.717, 1.165) is 18.8 Å². The molecule has 0 fully saturated rings. The lowest BCUT2D eigenvalue weighted by Crippen LogP contribution is -2.07. The third kappa shape index (κ3) is 3.38. The van der Waals surface area contributed by atoms with Gasteiger partial charge in [0.1, 0.15) is 5.75 Å². The van der Waals surface area contributed by atoms with E-state index in [2.05, 4.69) is 58.0 Å². The second-order valence-corrected chi connectivity index (χ2v) is 6.84. The fourth-order valence-corrected chi connectivity index (χ4v) is 2.99. The van der Waals surface area contributed by atoms with E-state index in [1.54, 1.807) is 0 Å². The molecule has 0 spiro atoms. The van der Waals surface area contributed by atoms with E-state index >= 15 is 0 Å². The number of para-hydroxylation sites is 1. The molecule has 0 N–H and O–H groups in total. The maximum atomic E-state index is 5.84. The van der Waals surface area contributed by atoms with E-state index in [9.17, 15) is 0 Å². The van der Waals surface area contributed by atoms with Gasteiger partial charge < -0.3 is 4.74 Å². The summed E-state index contributed by atoms with van der Waals surface area (Å²) in [5, 5.41) is 0. The number of thiophene rings is 1. The smallest absolute Gasteiger partial charge is 0.127 e. The van der Waals surface area contributed by atoms with Gasteiger partial charge in [0.25, 0.3) is 0 Å². The molecule has 2 aromatic rings. The van der Waals surface area contributed by atoms with Crippen molar-refractivity contribution in [3.63, 3.8) is 0 Å². The quantitative estimate of drug-likeness (QED) is 0.715. The molecule has 0 saturated carbocycles. The van der Waals surface area contributed by atoms with E-state index in [0.29, 0.717) is 0 Å². The van der Waals surface area contributed by atoms with Crippen LogP contribution in [-0.4, -0.2) is 6.61 Å². The third-order valence-corrected chi connectivity index (χ3v) is 4.50. The van der Waals surface area contributed by atoms with Gasteiger partial charge in [0.05, 0.1) is 6.61 Å². The van der Waals surface area contributed by atoms with Gasteiger partial charge in [-0.05, 0) is 36.1 Å². The normalized spacial score (nSPS) is 11.6. The topological polar surface area (TPSA) is 9.23 Å². The maximum absolute atomic E-state index is 5.84. The van der Waals surface area contributed by atoms with Gasteiger partial charge in [-0.2, -0.15) is 0 Å². The predicted molar refractivity (Wildman–Crippen MR) is 84.2 cm³/mol. The van der Waals surface area contributed by atoms with Crippen LogP contribution in [0.1, 0.15) is 39.0 Å². The number of benzene rings is 1. The first-order chi connectivity index (χ1) is 9.02. The fourth-order valence-electron chi connectivity index (χ4n) is 1.89. The van der Waals surface area contributed by atoms with Crippen molar-refractivity contribution in [1.29, 1.82) is 0 Å². The first-order valence-corrected chi connectivity index (χ1v) is 7.66. The average molecular weight is 274 g/mol. The molecular formula is C17H22OS. The molecule has 2 heteroatoms. The lowest BCUT2D eigenvalue weighted by Gasteiger charge is -2.15. The number of hydrogen-bond donors (Lipinski definition) is 0. The van der Waals surface area contributed by atoms with Gasteiger partial charge in [0.2, 0.25) is 0 Å². The van der Waals surface area contributed by atoms with Gasteiger partial charge in [-0.15, -0.1) is 11.3 Å². The second-order valence-electron chi connectivity index (χ2n) is 5.76. The summed E-state index contributed by atoms with van der Waals surface area (Å²) < 4.78 is 5.84. The van der Waals surface area contributed by atoms with Crippen LogP contribution in [0.5, 0.6) is 5.75 Å². The Balaban J connectivity index is 2.33. The highest BCUT2D eigenvalue weighted by Crippen LogP contribution is 2.38. The van der Waals surface area contributed by atoms with Gasteiger partial charge in [0, 0.05) is 15.3 Å². The SMILES string of the molecule is CCCOc1ccccc1-c1ccc(C(C)(C)C)s1. The van der Waals surface area contributed by atoms with Gasteiger partial charge in [-0.1, -0.05) is 39.8 Å². The summed E-state index contributed by atoms with van der Waals surface area (Å²) in [4.78, 5) is 2.70. The molecule has 0 unspecified atom stereocenters. The van der Waals surface area contributed by atoms with Crippen LogP contribution in [0.2, 0.25) is 0 Å². The van der Waals surface area contributed by atoms with Crippen molar-refractivity contribution in [2.24, 2.45) is 0 Å². The molecule has 2 rings (SSSR count). The molecule has 19 heavy (non-hydrogen) atoms. The summed E-state index contributed by atoms with van der Waals surface area (Å²) in [6.45, 7) is 9.66. The summed E-state index contributed by atoms with van der Waals surface area (Å²) in [5.74, 6) is 0.992. The minimum absolute atomic E-state index is 0.210. The summed E-state index contributed by atoms with van der Waals surface area (Å²) in [7, 11) is 0. The molecular weight excluding hydrogens is 252 g/mol. The molecule has 1 nitrogen and oxygen atoms in total. The number of rotatable bonds is 4. The van der Waals surface area contributed by atoms with Gasteiger partial charge in [0.15, 0.2) is 0 Å². The molecule has 0 aliphatic rings. The van der Waals surface area contributed by atoms with Crippen LogP contribution < -0.4 is 4.74 Å². The van der Waals surface area contributed by atoms with Crippen molar-refractivity contribution in [2.45, 2.75) is 39.5 Å². The van der Waals surface area contributed by atoms with Crippen molar-refractivity contribution in [2.75, 3.05) is 6.61 Å². The Morgan fingerprint density at radius 2 is 1.79 bits per heavy atom. The van der Waals surface area contributed by atoms with Gasteiger partial charge in [-0.25, -0.2) is 0 Å².